The Morgan fingerprint density at radius 3 is 2.81 bits per heavy atom. The highest BCUT2D eigenvalue weighted by atomic mass is 16.3. The molecule has 4 nitrogen and oxygen atoms in total. The van der Waals surface area contributed by atoms with Crippen LogP contribution < -0.4 is 10.6 Å². The molecule has 0 unspecified atom stereocenters. The van der Waals surface area contributed by atoms with Crippen molar-refractivity contribution in [2.75, 3.05) is 17.2 Å². The van der Waals surface area contributed by atoms with Crippen LogP contribution >= 0.6 is 0 Å². The lowest BCUT2D eigenvalue weighted by Crippen LogP contribution is -2.01. The number of aromatic hydroxyl groups is 1. The van der Waals surface area contributed by atoms with Gasteiger partial charge in [0.05, 0.1) is 5.69 Å². The van der Waals surface area contributed by atoms with Crippen molar-refractivity contribution in [1.82, 2.24) is 0 Å². The van der Waals surface area contributed by atoms with Gasteiger partial charge in [0, 0.05) is 18.3 Å². The summed E-state index contributed by atoms with van der Waals surface area (Å²) in [6, 6.07) is 5.11. The fourth-order valence-electron chi connectivity index (χ4n) is 1.43. The minimum atomic E-state index is 0.0765. The molecule has 0 aliphatic heterocycles. The minimum Gasteiger partial charge on any atom is -0.506 e. The SMILES string of the molecule is CCCCCNc1ccc(NC=O)c(O)c1. The molecule has 0 atom stereocenters. The summed E-state index contributed by atoms with van der Waals surface area (Å²) < 4.78 is 0. The zero-order valence-electron chi connectivity index (χ0n) is 9.49. The average molecular weight is 222 g/mol. The molecule has 1 rings (SSSR count). The molecule has 1 aromatic carbocycles. The van der Waals surface area contributed by atoms with Crippen molar-refractivity contribution in [2.45, 2.75) is 26.2 Å². The molecule has 0 fully saturated rings. The Bertz CT molecular complexity index is 340. The van der Waals surface area contributed by atoms with Crippen molar-refractivity contribution >= 4 is 17.8 Å². The number of nitrogens with one attached hydrogen (secondary N) is 2. The third kappa shape index (κ3) is 3.81. The summed E-state index contributed by atoms with van der Waals surface area (Å²) in [4.78, 5) is 10.2. The number of carbonyl (C=O) groups is 1. The lowest BCUT2D eigenvalue weighted by molar-refractivity contribution is -0.105. The van der Waals surface area contributed by atoms with Crippen molar-refractivity contribution < 1.29 is 9.90 Å². The van der Waals surface area contributed by atoms with Gasteiger partial charge in [0.1, 0.15) is 5.75 Å². The second-order valence-corrected chi connectivity index (χ2v) is 3.63. The number of rotatable bonds is 7. The van der Waals surface area contributed by atoms with Crippen LogP contribution in [-0.4, -0.2) is 18.1 Å². The molecular weight excluding hydrogens is 204 g/mol. The van der Waals surface area contributed by atoms with Crippen LogP contribution in [0.15, 0.2) is 18.2 Å². The molecule has 0 saturated heterocycles. The van der Waals surface area contributed by atoms with Crippen LogP contribution in [0.1, 0.15) is 26.2 Å². The van der Waals surface area contributed by atoms with E-state index in [2.05, 4.69) is 17.6 Å². The number of hydrogen-bond donors (Lipinski definition) is 3. The lowest BCUT2D eigenvalue weighted by Gasteiger charge is -2.08. The smallest absolute Gasteiger partial charge is 0.211 e. The van der Waals surface area contributed by atoms with E-state index in [1.54, 1.807) is 12.1 Å². The van der Waals surface area contributed by atoms with Gasteiger partial charge in [0.2, 0.25) is 6.41 Å². The second-order valence-electron chi connectivity index (χ2n) is 3.63. The van der Waals surface area contributed by atoms with Crippen LogP contribution in [0, 0.1) is 0 Å². The molecular formula is C12H18N2O2. The van der Waals surface area contributed by atoms with E-state index in [0.29, 0.717) is 12.1 Å². The molecule has 88 valence electrons. The monoisotopic (exact) mass is 222 g/mol. The predicted octanol–water partition coefficient (Wildman–Crippen LogP) is 2.56. The first-order valence-corrected chi connectivity index (χ1v) is 5.55. The first-order valence-electron chi connectivity index (χ1n) is 5.55. The first-order chi connectivity index (χ1) is 7.77. The summed E-state index contributed by atoms with van der Waals surface area (Å²) in [5, 5.41) is 15.2. The first kappa shape index (κ1) is 12.4. The number of unbranched alkanes of at least 4 members (excludes halogenated alkanes) is 2. The standard InChI is InChI=1S/C12H18N2O2/c1-2-3-4-7-13-10-5-6-11(14-9-15)12(16)8-10/h5-6,8-9,13,16H,2-4,7H2,1H3,(H,14,15). The van der Waals surface area contributed by atoms with E-state index >= 15 is 0 Å². The fraction of sp³-hybridized carbons (Fsp3) is 0.417. The van der Waals surface area contributed by atoms with Crippen LogP contribution in [-0.2, 0) is 4.79 Å². The highest BCUT2D eigenvalue weighted by molar-refractivity contribution is 5.76. The van der Waals surface area contributed by atoms with Gasteiger partial charge in [-0.05, 0) is 18.6 Å². The number of phenols is 1. The highest BCUT2D eigenvalue weighted by Crippen LogP contribution is 2.26. The second kappa shape index (κ2) is 6.71. The van der Waals surface area contributed by atoms with Crippen LogP contribution in [0.2, 0.25) is 0 Å². The third-order valence-electron chi connectivity index (χ3n) is 2.32. The molecule has 0 aromatic heterocycles. The van der Waals surface area contributed by atoms with Gasteiger partial charge in [-0.1, -0.05) is 19.8 Å². The normalized spacial score (nSPS) is 9.81. The zero-order chi connectivity index (χ0) is 11.8. The van der Waals surface area contributed by atoms with Crippen LogP contribution in [0.25, 0.3) is 0 Å². The molecule has 0 radical (unpaired) electrons. The molecule has 16 heavy (non-hydrogen) atoms. The van der Waals surface area contributed by atoms with Gasteiger partial charge in [-0.2, -0.15) is 0 Å². The van der Waals surface area contributed by atoms with E-state index in [0.717, 1.165) is 18.7 Å². The van der Waals surface area contributed by atoms with E-state index in [1.165, 1.54) is 12.8 Å². The summed E-state index contributed by atoms with van der Waals surface area (Å²) in [5.74, 6) is 0.0765. The van der Waals surface area contributed by atoms with E-state index in [1.807, 2.05) is 6.07 Å². The van der Waals surface area contributed by atoms with Gasteiger partial charge in [-0.25, -0.2) is 0 Å². The van der Waals surface area contributed by atoms with E-state index in [9.17, 15) is 9.90 Å². The van der Waals surface area contributed by atoms with Crippen LogP contribution in [0.5, 0.6) is 5.75 Å². The van der Waals surface area contributed by atoms with Gasteiger partial charge in [0.25, 0.3) is 0 Å². The van der Waals surface area contributed by atoms with E-state index in [-0.39, 0.29) is 5.75 Å². The predicted molar refractivity (Wildman–Crippen MR) is 65.8 cm³/mol. The third-order valence-corrected chi connectivity index (χ3v) is 2.32. The Labute approximate surface area is 95.7 Å². The number of amides is 1. The average Bonchev–Trinajstić information content (AvgIpc) is 2.28. The van der Waals surface area contributed by atoms with E-state index in [4.69, 9.17) is 0 Å². The lowest BCUT2D eigenvalue weighted by atomic mass is 10.2. The highest BCUT2D eigenvalue weighted by Gasteiger charge is 2.00. The largest absolute Gasteiger partial charge is 0.506 e. The molecule has 0 saturated carbocycles. The Hall–Kier alpha value is -1.71. The number of hydrogen-bond acceptors (Lipinski definition) is 3. The van der Waals surface area contributed by atoms with Gasteiger partial charge in [0.15, 0.2) is 0 Å². The van der Waals surface area contributed by atoms with Crippen molar-refractivity contribution in [1.29, 1.82) is 0 Å². The molecule has 1 amide bonds. The molecule has 0 spiro atoms. The summed E-state index contributed by atoms with van der Waals surface area (Å²) in [5.41, 5.74) is 1.29. The maximum absolute atomic E-state index is 10.2. The fourth-order valence-corrected chi connectivity index (χ4v) is 1.43. The number of benzene rings is 1. The van der Waals surface area contributed by atoms with E-state index < -0.39 is 0 Å². The molecule has 3 N–H and O–H groups in total. The molecule has 0 aliphatic carbocycles. The van der Waals surface area contributed by atoms with Crippen molar-refractivity contribution in [3.8, 4) is 5.75 Å². The van der Waals surface area contributed by atoms with Gasteiger partial charge < -0.3 is 15.7 Å². The van der Waals surface area contributed by atoms with Gasteiger partial charge >= 0.3 is 0 Å². The van der Waals surface area contributed by atoms with Crippen molar-refractivity contribution in [3.05, 3.63) is 18.2 Å². The van der Waals surface area contributed by atoms with Crippen molar-refractivity contribution in [2.24, 2.45) is 0 Å². The Kier molecular flexibility index (Phi) is 5.19. The zero-order valence-corrected chi connectivity index (χ0v) is 9.49. The topological polar surface area (TPSA) is 61.4 Å². The molecule has 1 aromatic rings. The molecule has 4 heteroatoms. The molecule has 0 aliphatic rings. The van der Waals surface area contributed by atoms with Crippen LogP contribution in [0.4, 0.5) is 11.4 Å². The Morgan fingerprint density at radius 2 is 2.19 bits per heavy atom. The Morgan fingerprint density at radius 1 is 1.38 bits per heavy atom. The quantitative estimate of drug-likeness (QED) is 0.377. The number of carbonyl (C=O) groups excluding carboxylic acids is 1. The summed E-state index contributed by atoms with van der Waals surface area (Å²) in [6.07, 6.45) is 4.05. The molecule has 0 bridgehead atoms. The Balaban J connectivity index is 2.49. The van der Waals surface area contributed by atoms with Gasteiger partial charge in [-0.15, -0.1) is 0 Å². The van der Waals surface area contributed by atoms with Gasteiger partial charge in [-0.3, -0.25) is 4.79 Å². The van der Waals surface area contributed by atoms with Crippen molar-refractivity contribution in [3.63, 3.8) is 0 Å². The van der Waals surface area contributed by atoms with Crippen LogP contribution in [0.3, 0.4) is 0 Å². The summed E-state index contributed by atoms with van der Waals surface area (Å²) >= 11 is 0. The number of phenolic OH excluding ortho intramolecular Hbond substituents is 1. The number of anilines is 2. The maximum Gasteiger partial charge on any atom is 0.211 e. The maximum atomic E-state index is 10.2. The summed E-state index contributed by atoms with van der Waals surface area (Å²) in [7, 11) is 0. The summed E-state index contributed by atoms with van der Waals surface area (Å²) in [6.45, 7) is 3.06. The minimum absolute atomic E-state index is 0.0765. The molecule has 0 heterocycles.